The summed E-state index contributed by atoms with van der Waals surface area (Å²) < 4.78 is 41.7. The third kappa shape index (κ3) is 8.91. The lowest BCUT2D eigenvalue weighted by atomic mass is 10.0. The van der Waals surface area contributed by atoms with Gasteiger partial charge in [-0.1, -0.05) is 87.5 Å². The van der Waals surface area contributed by atoms with E-state index >= 15 is 0 Å². The molecule has 0 saturated carbocycles. The summed E-state index contributed by atoms with van der Waals surface area (Å²) >= 11 is 4.69. The average molecular weight is 670 g/mol. The minimum atomic E-state index is -2.50. The largest absolute Gasteiger partial charge is 0.464 e. The van der Waals surface area contributed by atoms with E-state index in [1.54, 1.807) is 25.2 Å². The minimum Gasteiger partial charge on any atom is -0.464 e. The summed E-state index contributed by atoms with van der Waals surface area (Å²) in [5, 5.41) is -0.162. The number of hydrogen-bond donors (Lipinski definition) is 1. The highest BCUT2D eigenvalue weighted by Gasteiger charge is 2.47. The van der Waals surface area contributed by atoms with Crippen molar-refractivity contribution in [3.63, 3.8) is 0 Å². The van der Waals surface area contributed by atoms with Crippen LogP contribution < -0.4 is 9.47 Å². The van der Waals surface area contributed by atoms with Crippen LogP contribution >= 0.6 is 12.6 Å². The first kappa shape index (κ1) is 35.9. The molecule has 9 nitrogen and oxygen atoms in total. The van der Waals surface area contributed by atoms with E-state index in [9.17, 15) is 4.79 Å². The number of benzene rings is 3. The standard InChI is InChI=1S/C35H47NO8SSi/c1-35(2,3)46(6,7)44-31(27-18-19-29(42-23-38-4)30(20-27)43-24-39-5)32(40-21-25-14-10-8-11-15-25)33(37)36-28(22-41-34(36)45)26-16-12-9-13-17-26/h8-20,28,31-32,34,45H,21-24H2,1-7H3/t28-,31-,32+,34+/m1/s1. The average Bonchev–Trinajstić information content (AvgIpc) is 3.43. The fourth-order valence-corrected chi connectivity index (χ4v) is 6.47. The molecule has 1 aliphatic heterocycles. The Balaban J connectivity index is 1.83. The molecule has 0 bridgehead atoms. The van der Waals surface area contributed by atoms with Gasteiger partial charge in [-0.25, -0.2) is 0 Å². The maximum absolute atomic E-state index is 14.9. The second-order valence-corrected chi connectivity index (χ2v) is 17.9. The molecule has 1 saturated heterocycles. The third-order valence-corrected chi connectivity index (χ3v) is 13.2. The van der Waals surface area contributed by atoms with E-state index in [2.05, 4.69) is 33.9 Å². The summed E-state index contributed by atoms with van der Waals surface area (Å²) in [4.78, 5) is 16.6. The van der Waals surface area contributed by atoms with Crippen LogP contribution in [0, 0.1) is 0 Å². The molecule has 1 amide bonds. The maximum Gasteiger partial charge on any atom is 0.258 e. The van der Waals surface area contributed by atoms with E-state index < -0.39 is 26.1 Å². The van der Waals surface area contributed by atoms with Gasteiger partial charge in [0, 0.05) is 14.2 Å². The first-order valence-corrected chi connectivity index (χ1v) is 18.8. The van der Waals surface area contributed by atoms with Gasteiger partial charge in [-0.2, -0.15) is 0 Å². The zero-order chi connectivity index (χ0) is 33.3. The van der Waals surface area contributed by atoms with Crippen molar-refractivity contribution in [2.45, 2.75) is 69.3 Å². The van der Waals surface area contributed by atoms with Gasteiger partial charge in [0.25, 0.3) is 5.91 Å². The lowest BCUT2D eigenvalue weighted by Crippen LogP contribution is -2.50. The van der Waals surface area contributed by atoms with Crippen LogP contribution in [0.15, 0.2) is 78.9 Å². The lowest BCUT2D eigenvalue weighted by Gasteiger charge is -2.42. The van der Waals surface area contributed by atoms with Crippen molar-refractivity contribution >= 4 is 26.9 Å². The van der Waals surface area contributed by atoms with Gasteiger partial charge in [-0.05, 0) is 47.0 Å². The molecule has 250 valence electrons. The molecule has 1 heterocycles. The van der Waals surface area contributed by atoms with Crippen LogP contribution in [0.2, 0.25) is 18.1 Å². The number of rotatable bonds is 15. The van der Waals surface area contributed by atoms with Crippen molar-refractivity contribution < 1.29 is 37.6 Å². The van der Waals surface area contributed by atoms with Crippen molar-refractivity contribution in [1.82, 2.24) is 4.90 Å². The summed E-state index contributed by atoms with van der Waals surface area (Å²) in [7, 11) is 0.594. The Morgan fingerprint density at radius 1 is 0.935 bits per heavy atom. The zero-order valence-corrected chi connectivity index (χ0v) is 29.7. The Kier molecular flexibility index (Phi) is 12.7. The Morgan fingerprint density at radius 2 is 1.54 bits per heavy atom. The summed E-state index contributed by atoms with van der Waals surface area (Å²) in [6.07, 6.45) is -1.87. The van der Waals surface area contributed by atoms with Crippen molar-refractivity contribution in [2.75, 3.05) is 34.4 Å². The van der Waals surface area contributed by atoms with Crippen LogP contribution in [-0.2, 0) is 34.8 Å². The van der Waals surface area contributed by atoms with Gasteiger partial charge in [0.1, 0.15) is 6.10 Å². The minimum absolute atomic E-state index is 0.00136. The second-order valence-electron chi connectivity index (χ2n) is 12.7. The molecule has 11 heteroatoms. The predicted molar refractivity (Wildman–Crippen MR) is 182 cm³/mol. The van der Waals surface area contributed by atoms with Crippen LogP contribution in [0.4, 0.5) is 0 Å². The predicted octanol–water partition coefficient (Wildman–Crippen LogP) is 7.11. The number of ether oxygens (including phenoxy) is 6. The highest BCUT2D eigenvalue weighted by Crippen LogP contribution is 2.44. The Bertz CT molecular complexity index is 1390. The first-order valence-electron chi connectivity index (χ1n) is 15.3. The molecule has 4 atom stereocenters. The van der Waals surface area contributed by atoms with Crippen molar-refractivity contribution in [3.05, 3.63) is 95.6 Å². The van der Waals surface area contributed by atoms with Gasteiger partial charge in [-0.3, -0.25) is 9.69 Å². The molecule has 0 spiro atoms. The SMILES string of the molecule is COCOc1ccc([C@@H](O[Si](C)(C)C(C)(C)C)[C@H](OCc2ccccc2)C(=O)N2[C@H](S)OC[C@@H]2c2ccccc2)cc1OCOC. The number of carbonyl (C=O) groups excluding carboxylic acids is 1. The van der Waals surface area contributed by atoms with Crippen LogP contribution in [0.5, 0.6) is 11.5 Å². The smallest absolute Gasteiger partial charge is 0.258 e. The maximum atomic E-state index is 14.9. The first-order chi connectivity index (χ1) is 22.0. The number of nitrogens with zero attached hydrogens (tertiary/aromatic N) is 1. The molecule has 0 N–H and O–H groups in total. The van der Waals surface area contributed by atoms with Crippen LogP contribution in [0.3, 0.4) is 0 Å². The molecule has 0 unspecified atom stereocenters. The molecular formula is C35H47NO8SSi. The molecule has 1 aliphatic rings. The molecule has 4 rings (SSSR count). The summed E-state index contributed by atoms with van der Waals surface area (Å²) in [5.74, 6) is 0.604. The van der Waals surface area contributed by atoms with Gasteiger partial charge in [0.05, 0.1) is 19.3 Å². The Hall–Kier alpha value is -2.90. The highest BCUT2D eigenvalue weighted by atomic mass is 32.1. The van der Waals surface area contributed by atoms with E-state index in [-0.39, 0.29) is 37.2 Å². The van der Waals surface area contributed by atoms with Gasteiger partial charge in [0.15, 0.2) is 45.1 Å². The molecule has 46 heavy (non-hydrogen) atoms. The van der Waals surface area contributed by atoms with Gasteiger partial charge in [-0.15, -0.1) is 12.6 Å². The third-order valence-electron chi connectivity index (χ3n) is 8.40. The number of amides is 1. The fourth-order valence-electron chi connectivity index (χ4n) is 4.86. The van der Waals surface area contributed by atoms with E-state index in [0.29, 0.717) is 23.7 Å². The molecule has 3 aromatic carbocycles. The summed E-state index contributed by atoms with van der Waals surface area (Å²) in [6, 6.07) is 24.7. The monoisotopic (exact) mass is 669 g/mol. The van der Waals surface area contributed by atoms with E-state index in [1.165, 1.54) is 0 Å². The van der Waals surface area contributed by atoms with Crippen molar-refractivity contribution in [1.29, 1.82) is 0 Å². The quantitative estimate of drug-likeness (QED) is 0.104. The van der Waals surface area contributed by atoms with E-state index in [4.69, 9.17) is 45.5 Å². The second kappa shape index (κ2) is 16.3. The summed E-state index contributed by atoms with van der Waals surface area (Å²) in [6.45, 7) is 11.3. The lowest BCUT2D eigenvalue weighted by molar-refractivity contribution is -0.156. The van der Waals surface area contributed by atoms with Crippen LogP contribution in [0.25, 0.3) is 0 Å². The Labute approximate surface area is 279 Å². The molecular weight excluding hydrogens is 623 g/mol. The topological polar surface area (TPSA) is 84.9 Å². The number of carbonyl (C=O) groups is 1. The molecule has 0 radical (unpaired) electrons. The van der Waals surface area contributed by atoms with Gasteiger partial charge < -0.3 is 32.8 Å². The van der Waals surface area contributed by atoms with E-state index in [0.717, 1.165) is 11.1 Å². The molecule has 0 aliphatic carbocycles. The van der Waals surface area contributed by atoms with E-state index in [1.807, 2.05) is 72.8 Å². The number of methoxy groups -OCH3 is 2. The molecule has 3 aromatic rings. The number of hydrogen-bond acceptors (Lipinski definition) is 9. The van der Waals surface area contributed by atoms with Crippen molar-refractivity contribution in [2.24, 2.45) is 0 Å². The molecule has 1 fully saturated rings. The molecule has 0 aromatic heterocycles. The Morgan fingerprint density at radius 3 is 2.15 bits per heavy atom. The van der Waals surface area contributed by atoms with Gasteiger partial charge in [0.2, 0.25) is 0 Å². The zero-order valence-electron chi connectivity index (χ0n) is 27.8. The van der Waals surface area contributed by atoms with Gasteiger partial charge >= 0.3 is 0 Å². The van der Waals surface area contributed by atoms with Crippen molar-refractivity contribution in [3.8, 4) is 11.5 Å². The van der Waals surface area contributed by atoms with Crippen LogP contribution in [-0.4, -0.2) is 65.2 Å². The van der Waals surface area contributed by atoms with Crippen LogP contribution in [0.1, 0.15) is 49.6 Å². The normalized spacial score (nSPS) is 18.3. The number of thiol groups is 1. The highest BCUT2D eigenvalue weighted by molar-refractivity contribution is 7.80. The summed E-state index contributed by atoms with van der Waals surface area (Å²) in [5.41, 5.74) is 1.81. The fraction of sp³-hybridized carbons (Fsp3) is 0.457.